The number of ether oxygens (including phenoxy) is 1. The molecule has 1 saturated heterocycles. The van der Waals surface area contributed by atoms with Crippen molar-refractivity contribution in [2.24, 2.45) is 5.73 Å². The van der Waals surface area contributed by atoms with Gasteiger partial charge >= 0.3 is 0 Å². The summed E-state index contributed by atoms with van der Waals surface area (Å²) in [5.74, 6) is -0.148. The van der Waals surface area contributed by atoms with E-state index in [0.717, 1.165) is 15.9 Å². The van der Waals surface area contributed by atoms with Crippen LogP contribution in [0.4, 0.5) is 5.69 Å². The number of nitrogens with one attached hydrogen (secondary N) is 1. The third kappa shape index (κ3) is 2.47. The van der Waals surface area contributed by atoms with Gasteiger partial charge in [0.25, 0.3) is 0 Å². The highest BCUT2D eigenvalue weighted by Crippen LogP contribution is 2.24. The van der Waals surface area contributed by atoms with Crippen LogP contribution >= 0.6 is 11.3 Å². The Hall–Kier alpha value is -1.50. The Kier molecular flexibility index (Phi) is 3.22. The second-order valence-corrected chi connectivity index (χ2v) is 5.64. The summed E-state index contributed by atoms with van der Waals surface area (Å²) >= 11 is 1.58. The maximum atomic E-state index is 12.3. The highest BCUT2D eigenvalue weighted by Gasteiger charge is 2.35. The van der Waals surface area contributed by atoms with Gasteiger partial charge in [0, 0.05) is 18.9 Å². The maximum absolute atomic E-state index is 12.3. The van der Waals surface area contributed by atoms with Crippen LogP contribution in [0.15, 0.2) is 23.7 Å². The molecule has 1 aromatic carbocycles. The molecule has 5 nitrogen and oxygen atoms in total. The van der Waals surface area contributed by atoms with Crippen molar-refractivity contribution in [2.75, 3.05) is 18.5 Å². The van der Waals surface area contributed by atoms with Crippen LogP contribution < -0.4 is 11.1 Å². The highest BCUT2D eigenvalue weighted by atomic mass is 32.1. The number of amides is 1. The van der Waals surface area contributed by atoms with Crippen molar-refractivity contribution in [1.29, 1.82) is 0 Å². The van der Waals surface area contributed by atoms with Gasteiger partial charge in [0.15, 0.2) is 0 Å². The molecule has 1 aliphatic heterocycles. The van der Waals surface area contributed by atoms with Crippen LogP contribution in [-0.2, 0) is 9.53 Å². The molecule has 0 bridgehead atoms. The molecule has 1 aliphatic rings. The number of anilines is 1. The van der Waals surface area contributed by atoms with Crippen molar-refractivity contribution in [3.05, 3.63) is 23.7 Å². The Bertz CT molecular complexity index is 605. The van der Waals surface area contributed by atoms with Crippen molar-refractivity contribution in [2.45, 2.75) is 18.4 Å². The minimum absolute atomic E-state index is 0.148. The van der Waals surface area contributed by atoms with E-state index in [1.165, 1.54) is 0 Å². The summed E-state index contributed by atoms with van der Waals surface area (Å²) in [6, 6.07) is 5.70. The number of rotatable bonds is 2. The second-order valence-electron chi connectivity index (χ2n) is 4.76. The third-order valence-electron chi connectivity index (χ3n) is 3.43. The lowest BCUT2D eigenvalue weighted by Gasteiger charge is -2.31. The zero-order valence-electron chi connectivity index (χ0n) is 10.4. The Morgan fingerprint density at radius 1 is 1.42 bits per heavy atom. The van der Waals surface area contributed by atoms with Crippen LogP contribution in [0.2, 0.25) is 0 Å². The molecular formula is C13H15N3O2S. The SMILES string of the molecule is NC1(C(=O)Nc2ccc3scnc3c2)CCOCC1. The van der Waals surface area contributed by atoms with Gasteiger partial charge in [-0.25, -0.2) is 4.98 Å². The first-order valence-corrected chi connectivity index (χ1v) is 7.07. The summed E-state index contributed by atoms with van der Waals surface area (Å²) in [5.41, 5.74) is 8.73. The second kappa shape index (κ2) is 4.88. The van der Waals surface area contributed by atoms with Crippen molar-refractivity contribution in [3.63, 3.8) is 0 Å². The number of carbonyl (C=O) groups excluding carboxylic acids is 1. The van der Waals surface area contributed by atoms with E-state index in [4.69, 9.17) is 10.5 Å². The number of aromatic nitrogens is 1. The Morgan fingerprint density at radius 2 is 2.21 bits per heavy atom. The molecule has 2 aromatic rings. The molecule has 1 fully saturated rings. The van der Waals surface area contributed by atoms with Crippen molar-refractivity contribution < 1.29 is 9.53 Å². The number of hydrogen-bond donors (Lipinski definition) is 2. The third-order valence-corrected chi connectivity index (χ3v) is 4.24. The van der Waals surface area contributed by atoms with Gasteiger partial charge in [-0.05, 0) is 31.0 Å². The predicted octanol–water partition coefficient (Wildman–Crippen LogP) is 1.74. The van der Waals surface area contributed by atoms with E-state index >= 15 is 0 Å². The van der Waals surface area contributed by atoms with Gasteiger partial charge in [0.1, 0.15) is 5.54 Å². The highest BCUT2D eigenvalue weighted by molar-refractivity contribution is 7.16. The van der Waals surface area contributed by atoms with Gasteiger partial charge in [-0.3, -0.25) is 4.79 Å². The molecular weight excluding hydrogens is 262 g/mol. The molecule has 100 valence electrons. The van der Waals surface area contributed by atoms with Gasteiger partial charge in [-0.15, -0.1) is 11.3 Å². The molecule has 0 aliphatic carbocycles. The number of benzene rings is 1. The summed E-state index contributed by atoms with van der Waals surface area (Å²) in [5, 5.41) is 2.88. The Morgan fingerprint density at radius 3 is 3.00 bits per heavy atom. The minimum Gasteiger partial charge on any atom is -0.381 e. The summed E-state index contributed by atoms with van der Waals surface area (Å²) in [4.78, 5) is 16.5. The molecule has 0 saturated carbocycles. The van der Waals surface area contributed by atoms with E-state index in [9.17, 15) is 4.79 Å². The summed E-state index contributed by atoms with van der Waals surface area (Å²) in [6.45, 7) is 1.07. The summed E-state index contributed by atoms with van der Waals surface area (Å²) < 4.78 is 6.35. The first kappa shape index (κ1) is 12.5. The summed E-state index contributed by atoms with van der Waals surface area (Å²) in [7, 11) is 0. The van der Waals surface area contributed by atoms with Crippen LogP contribution in [0.3, 0.4) is 0 Å². The number of nitrogens with zero attached hydrogens (tertiary/aromatic N) is 1. The lowest BCUT2D eigenvalue weighted by atomic mass is 9.90. The number of hydrogen-bond acceptors (Lipinski definition) is 5. The van der Waals surface area contributed by atoms with Crippen molar-refractivity contribution in [1.82, 2.24) is 4.98 Å². The normalized spacial score (nSPS) is 18.4. The Balaban J connectivity index is 1.78. The Labute approximate surface area is 114 Å². The monoisotopic (exact) mass is 277 g/mol. The first-order chi connectivity index (χ1) is 9.17. The molecule has 3 rings (SSSR count). The van der Waals surface area contributed by atoms with Gasteiger partial charge in [0.2, 0.25) is 5.91 Å². The fraction of sp³-hybridized carbons (Fsp3) is 0.385. The van der Waals surface area contributed by atoms with E-state index in [2.05, 4.69) is 10.3 Å². The van der Waals surface area contributed by atoms with Crippen molar-refractivity contribution in [3.8, 4) is 0 Å². The number of fused-ring (bicyclic) bond motifs is 1. The smallest absolute Gasteiger partial charge is 0.244 e. The zero-order valence-corrected chi connectivity index (χ0v) is 11.2. The van der Waals surface area contributed by atoms with E-state index in [-0.39, 0.29) is 5.91 Å². The molecule has 0 atom stereocenters. The van der Waals surface area contributed by atoms with Gasteiger partial charge < -0.3 is 15.8 Å². The zero-order chi connectivity index (χ0) is 13.3. The molecule has 3 N–H and O–H groups in total. The van der Waals surface area contributed by atoms with E-state index in [0.29, 0.717) is 26.1 Å². The molecule has 0 unspecified atom stereocenters. The van der Waals surface area contributed by atoms with E-state index < -0.39 is 5.54 Å². The molecule has 1 amide bonds. The summed E-state index contributed by atoms with van der Waals surface area (Å²) in [6.07, 6.45) is 1.11. The van der Waals surface area contributed by atoms with Crippen LogP contribution in [0.1, 0.15) is 12.8 Å². The molecule has 6 heteroatoms. The van der Waals surface area contributed by atoms with Crippen molar-refractivity contribution >= 4 is 33.1 Å². The van der Waals surface area contributed by atoms with E-state index in [1.807, 2.05) is 18.2 Å². The molecule has 19 heavy (non-hydrogen) atoms. The van der Waals surface area contributed by atoms with Crippen LogP contribution in [0.5, 0.6) is 0 Å². The maximum Gasteiger partial charge on any atom is 0.244 e. The lowest BCUT2D eigenvalue weighted by Crippen LogP contribution is -2.54. The fourth-order valence-corrected chi connectivity index (χ4v) is 2.81. The van der Waals surface area contributed by atoms with E-state index in [1.54, 1.807) is 16.8 Å². The van der Waals surface area contributed by atoms with Crippen LogP contribution in [-0.4, -0.2) is 29.6 Å². The van der Waals surface area contributed by atoms with Gasteiger partial charge in [-0.1, -0.05) is 0 Å². The topological polar surface area (TPSA) is 77.2 Å². The minimum atomic E-state index is -0.824. The van der Waals surface area contributed by atoms with Crippen LogP contribution in [0, 0.1) is 0 Å². The van der Waals surface area contributed by atoms with Gasteiger partial charge in [-0.2, -0.15) is 0 Å². The number of thiazole rings is 1. The number of nitrogens with two attached hydrogens (primary N) is 1. The first-order valence-electron chi connectivity index (χ1n) is 6.19. The number of carbonyl (C=O) groups is 1. The van der Waals surface area contributed by atoms with Crippen LogP contribution in [0.25, 0.3) is 10.2 Å². The average Bonchev–Trinajstić information content (AvgIpc) is 2.87. The quantitative estimate of drug-likeness (QED) is 0.876. The largest absolute Gasteiger partial charge is 0.381 e. The lowest BCUT2D eigenvalue weighted by molar-refractivity contribution is -0.124. The molecule has 0 radical (unpaired) electrons. The standard InChI is InChI=1S/C13H15N3O2S/c14-13(3-5-18-6-4-13)12(17)16-9-1-2-11-10(7-9)15-8-19-11/h1-2,7-8H,3-6,14H2,(H,16,17). The molecule has 0 spiro atoms. The average molecular weight is 277 g/mol. The molecule has 2 heterocycles. The van der Waals surface area contributed by atoms with Gasteiger partial charge in [0.05, 0.1) is 15.7 Å². The fourth-order valence-electron chi connectivity index (χ4n) is 2.15. The predicted molar refractivity (Wildman–Crippen MR) is 75.2 cm³/mol. The molecule has 1 aromatic heterocycles.